The summed E-state index contributed by atoms with van der Waals surface area (Å²) in [6.45, 7) is 4.91. The smallest absolute Gasteiger partial charge is 0.427 e. The zero-order valence-corrected chi connectivity index (χ0v) is 38.2. The zero-order valence-electron chi connectivity index (χ0n) is 35.5. The number of phosphoric ester groups is 1. The standard InChI is InChI=1S/C41H67N2O14P3/c1-4-6-8-10-12-14-16-18-20-22-30-58(47,52-32-35-24-26-36(27-25-35)55-39(44)23-21-19-17-15-13-11-9-7-5-2)56-60(50,51)57-59(48,49)53-33-37-28-29-38(54-37)43-31-34(3)40(45)42-41(43)46/h24-29,31,37-38H,4-23,30,32-33H2,1-3H3,(H,48,49)(H,50,51)(H,42,45,46)/t37-,38+,58?/m0/s1. The Bertz CT molecular complexity index is 1870. The van der Waals surface area contributed by atoms with Crippen LogP contribution < -0.4 is 16.0 Å². The van der Waals surface area contributed by atoms with E-state index in [2.05, 4.69) is 23.1 Å². The van der Waals surface area contributed by atoms with Crippen LogP contribution in [0.3, 0.4) is 0 Å². The minimum atomic E-state index is -5.54. The van der Waals surface area contributed by atoms with Crippen molar-refractivity contribution in [2.24, 2.45) is 0 Å². The van der Waals surface area contributed by atoms with E-state index < -0.39 is 53.4 Å². The van der Waals surface area contributed by atoms with Crippen molar-refractivity contribution in [3.05, 3.63) is 74.6 Å². The third kappa shape index (κ3) is 21.1. The fourth-order valence-corrected chi connectivity index (χ4v) is 11.3. The SMILES string of the molecule is CCCCCCCCCCCCP(=O)(OCc1ccc(OC(=O)CCCCCCCCCCC)cc1)OP(=O)(O)OP(=O)(O)OC[C@@H]1C=C[C@H](n2cc(C)c(=O)[nH]c2=O)O1. The van der Waals surface area contributed by atoms with Gasteiger partial charge >= 0.3 is 34.9 Å². The summed E-state index contributed by atoms with van der Waals surface area (Å²) in [6, 6.07) is 6.31. The first-order valence-electron chi connectivity index (χ1n) is 21.6. The first kappa shape index (κ1) is 51.9. The van der Waals surface area contributed by atoms with E-state index in [1.165, 1.54) is 89.5 Å². The molecule has 19 heteroatoms. The Morgan fingerprint density at radius 3 is 1.87 bits per heavy atom. The molecular formula is C41H67N2O14P3. The van der Waals surface area contributed by atoms with Crippen molar-refractivity contribution in [2.45, 2.75) is 168 Å². The van der Waals surface area contributed by atoms with Gasteiger partial charge in [0.1, 0.15) is 11.9 Å². The molecule has 0 amide bonds. The summed E-state index contributed by atoms with van der Waals surface area (Å²) in [5.74, 6) is -0.0137. The van der Waals surface area contributed by atoms with E-state index >= 15 is 0 Å². The second-order valence-corrected chi connectivity index (χ2v) is 20.7. The molecule has 0 fully saturated rings. The molecule has 3 unspecified atom stereocenters. The van der Waals surface area contributed by atoms with Gasteiger partial charge in [-0.2, -0.15) is 4.31 Å². The first-order valence-corrected chi connectivity index (χ1v) is 26.3. The minimum Gasteiger partial charge on any atom is -0.427 e. The Kier molecular flexibility index (Phi) is 23.8. The number of carbonyl (C=O) groups is 1. The number of nitrogens with one attached hydrogen (secondary N) is 1. The molecule has 3 N–H and O–H groups in total. The van der Waals surface area contributed by atoms with Crippen LogP contribution in [0.2, 0.25) is 0 Å². The van der Waals surface area contributed by atoms with Crippen molar-refractivity contribution in [3.63, 3.8) is 0 Å². The number of aromatic nitrogens is 2. The van der Waals surface area contributed by atoms with Gasteiger partial charge in [-0.15, -0.1) is 0 Å². The van der Waals surface area contributed by atoms with E-state index in [0.717, 1.165) is 49.5 Å². The highest BCUT2D eigenvalue weighted by molar-refractivity contribution is 7.68. The molecule has 0 spiro atoms. The summed E-state index contributed by atoms with van der Waals surface area (Å²) in [4.78, 5) is 59.4. The second kappa shape index (κ2) is 27.6. The summed E-state index contributed by atoms with van der Waals surface area (Å²) in [7, 11) is -15.3. The van der Waals surface area contributed by atoms with Crippen LogP contribution in [0.15, 0.2) is 52.2 Å². The summed E-state index contributed by atoms with van der Waals surface area (Å²) in [6.07, 6.45) is 22.3. The molecular weight excluding hydrogens is 837 g/mol. The third-order valence-electron chi connectivity index (χ3n) is 9.91. The molecule has 1 aliphatic rings. The number of aromatic amines is 1. The molecule has 0 saturated heterocycles. The maximum absolute atomic E-state index is 14.0. The lowest BCUT2D eigenvalue weighted by atomic mass is 10.1. The molecule has 16 nitrogen and oxygen atoms in total. The lowest BCUT2D eigenvalue weighted by molar-refractivity contribution is -0.134. The van der Waals surface area contributed by atoms with Crippen LogP contribution in [0, 0.1) is 6.92 Å². The molecule has 1 aromatic carbocycles. The molecule has 60 heavy (non-hydrogen) atoms. The number of benzene rings is 1. The third-order valence-corrected chi connectivity index (χ3v) is 15.2. The molecule has 1 aromatic heterocycles. The maximum atomic E-state index is 14.0. The van der Waals surface area contributed by atoms with Crippen molar-refractivity contribution in [1.29, 1.82) is 0 Å². The Morgan fingerprint density at radius 1 is 0.733 bits per heavy atom. The number of unbranched alkanes of at least 4 members (excludes halogenated alkanes) is 17. The highest BCUT2D eigenvalue weighted by atomic mass is 31.3. The Hall–Kier alpha value is -2.48. The Labute approximate surface area is 354 Å². The molecule has 0 aliphatic carbocycles. The van der Waals surface area contributed by atoms with Crippen molar-refractivity contribution in [2.75, 3.05) is 12.8 Å². The van der Waals surface area contributed by atoms with Crippen LogP contribution >= 0.6 is 23.2 Å². The molecule has 340 valence electrons. The van der Waals surface area contributed by atoms with Gasteiger partial charge in [0.25, 0.3) is 5.56 Å². The van der Waals surface area contributed by atoms with Crippen LogP contribution in [0.25, 0.3) is 0 Å². The molecule has 3 rings (SSSR count). The van der Waals surface area contributed by atoms with Gasteiger partial charge in [-0.3, -0.25) is 28.2 Å². The van der Waals surface area contributed by atoms with Gasteiger partial charge < -0.3 is 23.8 Å². The number of esters is 1. The number of hydrogen-bond acceptors (Lipinski definition) is 12. The number of aryl methyl sites for hydroxylation is 1. The van der Waals surface area contributed by atoms with Crippen molar-refractivity contribution >= 4 is 29.2 Å². The van der Waals surface area contributed by atoms with Gasteiger partial charge in [0.2, 0.25) is 0 Å². The summed E-state index contributed by atoms with van der Waals surface area (Å²) in [5, 5.41) is 0. The van der Waals surface area contributed by atoms with Crippen molar-refractivity contribution in [1.82, 2.24) is 9.55 Å². The van der Waals surface area contributed by atoms with E-state index in [4.69, 9.17) is 22.8 Å². The zero-order chi connectivity index (χ0) is 43.9. The van der Waals surface area contributed by atoms with Crippen LogP contribution in [0.5, 0.6) is 5.75 Å². The van der Waals surface area contributed by atoms with Crippen LogP contribution in [0.4, 0.5) is 0 Å². The molecule has 0 bridgehead atoms. The van der Waals surface area contributed by atoms with E-state index in [9.17, 15) is 37.9 Å². The molecule has 0 saturated carbocycles. The lowest BCUT2D eigenvalue weighted by Crippen LogP contribution is -2.33. The van der Waals surface area contributed by atoms with Gasteiger partial charge in [-0.05, 0) is 43.5 Å². The number of carbonyl (C=O) groups excluding carboxylic acids is 1. The van der Waals surface area contributed by atoms with Crippen LogP contribution in [0.1, 0.15) is 160 Å². The first-order chi connectivity index (χ1) is 28.6. The van der Waals surface area contributed by atoms with Gasteiger partial charge in [0.15, 0.2) is 6.23 Å². The highest BCUT2D eigenvalue weighted by Crippen LogP contribution is 2.69. The summed E-state index contributed by atoms with van der Waals surface area (Å²) >= 11 is 0. The lowest BCUT2D eigenvalue weighted by Gasteiger charge is -2.23. The van der Waals surface area contributed by atoms with Gasteiger partial charge in [0, 0.05) is 18.2 Å². The van der Waals surface area contributed by atoms with Gasteiger partial charge in [-0.1, -0.05) is 141 Å². The molecule has 2 aromatic rings. The second-order valence-electron chi connectivity index (χ2n) is 15.3. The van der Waals surface area contributed by atoms with E-state index in [-0.39, 0.29) is 24.3 Å². The Morgan fingerprint density at radius 2 is 1.28 bits per heavy atom. The highest BCUT2D eigenvalue weighted by Gasteiger charge is 2.43. The molecule has 0 radical (unpaired) electrons. The van der Waals surface area contributed by atoms with E-state index in [0.29, 0.717) is 30.6 Å². The monoisotopic (exact) mass is 904 g/mol. The quantitative estimate of drug-likeness (QED) is 0.0200. The summed E-state index contributed by atoms with van der Waals surface area (Å²) < 4.78 is 72.1. The average Bonchev–Trinajstić information content (AvgIpc) is 3.67. The fraction of sp³-hybridized carbons (Fsp3) is 0.683. The molecule has 5 atom stereocenters. The fourth-order valence-electron chi connectivity index (χ4n) is 6.52. The van der Waals surface area contributed by atoms with E-state index in [1.54, 1.807) is 24.3 Å². The van der Waals surface area contributed by atoms with Gasteiger partial charge in [-0.25, -0.2) is 18.2 Å². The number of phosphoric acid groups is 2. The minimum absolute atomic E-state index is 0.253. The van der Waals surface area contributed by atoms with Crippen molar-refractivity contribution < 1.29 is 55.4 Å². The van der Waals surface area contributed by atoms with Crippen LogP contribution in [-0.2, 0) is 47.5 Å². The van der Waals surface area contributed by atoms with Crippen LogP contribution in [-0.4, -0.2) is 44.2 Å². The Balaban J connectivity index is 1.52. The number of rotatable bonds is 33. The average molecular weight is 905 g/mol. The number of nitrogens with zero attached hydrogens (tertiary/aromatic N) is 1. The summed E-state index contributed by atoms with van der Waals surface area (Å²) in [5.41, 5.74) is -0.549. The topological polar surface area (TPSA) is 219 Å². The van der Waals surface area contributed by atoms with E-state index in [1.807, 2.05) is 0 Å². The molecule has 1 aliphatic heterocycles. The molecule has 2 heterocycles. The van der Waals surface area contributed by atoms with Gasteiger partial charge in [0.05, 0.1) is 19.4 Å². The number of H-pyrrole nitrogens is 1. The number of ether oxygens (including phenoxy) is 2. The predicted molar refractivity (Wildman–Crippen MR) is 230 cm³/mol. The number of hydrogen-bond donors (Lipinski definition) is 3. The normalized spacial score (nSPS) is 18.2. The largest absolute Gasteiger partial charge is 0.488 e. The van der Waals surface area contributed by atoms with Crippen molar-refractivity contribution in [3.8, 4) is 5.75 Å². The maximum Gasteiger partial charge on any atom is 0.488 e. The predicted octanol–water partition coefficient (Wildman–Crippen LogP) is 10.7.